The van der Waals surface area contributed by atoms with E-state index in [-0.39, 0.29) is 11.2 Å². The van der Waals surface area contributed by atoms with Gasteiger partial charge in [-0.3, -0.25) is 9.48 Å². The van der Waals surface area contributed by atoms with Crippen LogP contribution in [0.4, 0.5) is 5.69 Å². The van der Waals surface area contributed by atoms with Gasteiger partial charge in [0.15, 0.2) is 5.16 Å². The van der Waals surface area contributed by atoms with Gasteiger partial charge in [0.2, 0.25) is 5.91 Å². The lowest BCUT2D eigenvalue weighted by Gasteiger charge is -2.30. The van der Waals surface area contributed by atoms with Crippen LogP contribution in [-0.4, -0.2) is 37.0 Å². The molecule has 0 radical (unpaired) electrons. The molecule has 4 rings (SSSR count). The van der Waals surface area contributed by atoms with Crippen molar-refractivity contribution in [2.75, 3.05) is 11.4 Å². The van der Waals surface area contributed by atoms with Crippen molar-refractivity contribution in [3.8, 4) is 0 Å². The molecule has 1 saturated heterocycles. The number of thioether (sulfide) groups is 1. The van der Waals surface area contributed by atoms with E-state index in [4.69, 9.17) is 4.98 Å². The molecule has 24 heavy (non-hydrogen) atoms. The fourth-order valence-electron chi connectivity index (χ4n) is 3.32. The molecule has 1 aliphatic heterocycles. The van der Waals surface area contributed by atoms with Crippen molar-refractivity contribution >= 4 is 23.4 Å². The molecule has 2 fully saturated rings. The van der Waals surface area contributed by atoms with Gasteiger partial charge in [-0.05, 0) is 39.5 Å². The van der Waals surface area contributed by atoms with Gasteiger partial charge in [-0.1, -0.05) is 11.8 Å². The van der Waals surface area contributed by atoms with Crippen molar-refractivity contribution in [1.82, 2.24) is 19.3 Å². The third-order valence-corrected chi connectivity index (χ3v) is 6.13. The molecule has 3 heterocycles. The first-order chi connectivity index (χ1) is 11.5. The summed E-state index contributed by atoms with van der Waals surface area (Å²) in [5.74, 6) is 0.180. The third kappa shape index (κ3) is 2.75. The SMILES string of the molecule is Cc1nc(SC2CCCN(c3cnn(C)c3)C2=O)n(C2CC2)c1C. The van der Waals surface area contributed by atoms with Crippen molar-refractivity contribution < 1.29 is 4.79 Å². The Morgan fingerprint density at radius 1 is 1.25 bits per heavy atom. The minimum absolute atomic E-state index is 0.0577. The lowest BCUT2D eigenvalue weighted by atomic mass is 10.1. The molecule has 128 valence electrons. The van der Waals surface area contributed by atoms with Crippen molar-refractivity contribution in [2.24, 2.45) is 7.05 Å². The van der Waals surface area contributed by atoms with Gasteiger partial charge in [-0.25, -0.2) is 4.98 Å². The van der Waals surface area contributed by atoms with E-state index < -0.39 is 0 Å². The lowest BCUT2D eigenvalue weighted by Crippen LogP contribution is -2.43. The first-order valence-electron chi connectivity index (χ1n) is 8.56. The molecule has 0 bridgehead atoms. The zero-order valence-corrected chi connectivity index (χ0v) is 15.2. The Morgan fingerprint density at radius 2 is 2.04 bits per heavy atom. The molecular formula is C17H23N5OS. The number of hydrogen-bond donors (Lipinski definition) is 0. The minimum Gasteiger partial charge on any atom is -0.320 e. The molecule has 0 aromatic carbocycles. The van der Waals surface area contributed by atoms with E-state index in [0.29, 0.717) is 6.04 Å². The molecule has 1 aliphatic carbocycles. The molecule has 1 atom stereocenters. The summed E-state index contributed by atoms with van der Waals surface area (Å²) in [4.78, 5) is 19.6. The maximum atomic E-state index is 13.0. The second-order valence-electron chi connectivity index (χ2n) is 6.78. The lowest BCUT2D eigenvalue weighted by molar-refractivity contribution is -0.119. The van der Waals surface area contributed by atoms with E-state index >= 15 is 0 Å². The smallest absolute Gasteiger partial charge is 0.240 e. The molecule has 7 heteroatoms. The summed E-state index contributed by atoms with van der Waals surface area (Å²) >= 11 is 1.64. The number of piperidine rings is 1. The van der Waals surface area contributed by atoms with Crippen LogP contribution < -0.4 is 4.90 Å². The van der Waals surface area contributed by atoms with Crippen LogP contribution in [0.5, 0.6) is 0 Å². The first-order valence-corrected chi connectivity index (χ1v) is 9.44. The number of hydrogen-bond acceptors (Lipinski definition) is 4. The molecule has 2 aromatic rings. The van der Waals surface area contributed by atoms with E-state index in [1.165, 1.54) is 18.5 Å². The fraction of sp³-hybridized carbons (Fsp3) is 0.588. The van der Waals surface area contributed by atoms with Crippen molar-refractivity contribution in [1.29, 1.82) is 0 Å². The zero-order chi connectivity index (χ0) is 16.8. The standard InChI is InChI=1S/C17H23N5OS/c1-11-12(2)22(13-6-7-13)17(19-11)24-15-5-4-8-21(16(15)23)14-9-18-20(3)10-14/h9-10,13,15H,4-8H2,1-3H3. The molecular weight excluding hydrogens is 322 g/mol. The van der Waals surface area contributed by atoms with Gasteiger partial charge < -0.3 is 9.47 Å². The monoisotopic (exact) mass is 345 g/mol. The van der Waals surface area contributed by atoms with Crippen molar-refractivity contribution in [3.63, 3.8) is 0 Å². The average molecular weight is 345 g/mol. The number of aromatic nitrogens is 4. The van der Waals surface area contributed by atoms with E-state index in [9.17, 15) is 4.79 Å². The summed E-state index contributed by atoms with van der Waals surface area (Å²) in [7, 11) is 1.88. The summed E-state index contributed by atoms with van der Waals surface area (Å²) in [6, 6.07) is 0.585. The Bertz CT molecular complexity index is 776. The van der Waals surface area contributed by atoms with Crippen LogP contribution in [0.15, 0.2) is 17.6 Å². The van der Waals surface area contributed by atoms with Gasteiger partial charge >= 0.3 is 0 Å². The minimum atomic E-state index is -0.0577. The van der Waals surface area contributed by atoms with Gasteiger partial charge in [0.1, 0.15) is 0 Å². The number of amides is 1. The second-order valence-corrected chi connectivity index (χ2v) is 7.95. The number of rotatable bonds is 4. The number of anilines is 1. The Labute approximate surface area is 146 Å². The maximum Gasteiger partial charge on any atom is 0.240 e. The molecule has 2 aromatic heterocycles. The molecule has 0 N–H and O–H groups in total. The van der Waals surface area contributed by atoms with Crippen molar-refractivity contribution in [2.45, 2.75) is 56.0 Å². The average Bonchev–Trinajstić information content (AvgIpc) is 3.23. The summed E-state index contributed by atoms with van der Waals surface area (Å²) in [6.45, 7) is 4.97. The Hall–Kier alpha value is -1.76. The van der Waals surface area contributed by atoms with E-state index in [0.717, 1.165) is 35.9 Å². The number of nitrogens with zero attached hydrogens (tertiary/aromatic N) is 5. The summed E-state index contributed by atoms with van der Waals surface area (Å²) in [5.41, 5.74) is 3.22. The van der Waals surface area contributed by atoms with E-state index in [1.54, 1.807) is 22.6 Å². The van der Waals surface area contributed by atoms with Gasteiger partial charge in [0, 0.05) is 31.5 Å². The number of carbonyl (C=O) groups excluding carboxylic acids is 1. The van der Waals surface area contributed by atoms with Gasteiger partial charge in [0.25, 0.3) is 0 Å². The topological polar surface area (TPSA) is 56.0 Å². The fourth-order valence-corrected chi connectivity index (χ4v) is 4.68. The van der Waals surface area contributed by atoms with Crippen LogP contribution >= 0.6 is 11.8 Å². The highest BCUT2D eigenvalue weighted by Crippen LogP contribution is 2.42. The van der Waals surface area contributed by atoms with Gasteiger partial charge in [0.05, 0.1) is 22.8 Å². The Morgan fingerprint density at radius 3 is 2.71 bits per heavy atom. The quantitative estimate of drug-likeness (QED) is 0.855. The number of aryl methyl sites for hydroxylation is 2. The highest BCUT2D eigenvalue weighted by Gasteiger charge is 2.34. The Balaban J connectivity index is 1.56. The number of imidazole rings is 1. The number of carbonyl (C=O) groups is 1. The summed E-state index contributed by atoms with van der Waals surface area (Å²) in [5, 5.41) is 5.15. The zero-order valence-electron chi connectivity index (χ0n) is 14.4. The van der Waals surface area contributed by atoms with E-state index in [2.05, 4.69) is 23.5 Å². The van der Waals surface area contributed by atoms with Crippen LogP contribution in [0.2, 0.25) is 0 Å². The largest absolute Gasteiger partial charge is 0.320 e. The Kier molecular flexibility index (Phi) is 3.90. The van der Waals surface area contributed by atoms with Crippen LogP contribution in [0.25, 0.3) is 0 Å². The summed E-state index contributed by atoms with van der Waals surface area (Å²) < 4.78 is 4.09. The normalized spacial score (nSPS) is 21.5. The first kappa shape index (κ1) is 15.7. The summed E-state index contributed by atoms with van der Waals surface area (Å²) in [6.07, 6.45) is 8.06. The maximum absolute atomic E-state index is 13.0. The van der Waals surface area contributed by atoms with E-state index in [1.807, 2.05) is 18.1 Å². The van der Waals surface area contributed by atoms with Gasteiger partial charge in [-0.15, -0.1) is 0 Å². The molecule has 1 unspecified atom stereocenters. The highest BCUT2D eigenvalue weighted by atomic mass is 32.2. The van der Waals surface area contributed by atoms with Gasteiger partial charge in [-0.2, -0.15) is 5.10 Å². The second kappa shape index (κ2) is 5.95. The molecule has 6 nitrogen and oxygen atoms in total. The predicted octanol–water partition coefficient (Wildman–Crippen LogP) is 2.86. The molecule has 2 aliphatic rings. The van der Waals surface area contributed by atoms with Crippen LogP contribution in [-0.2, 0) is 11.8 Å². The van der Waals surface area contributed by atoms with Crippen LogP contribution in [0, 0.1) is 13.8 Å². The molecule has 0 spiro atoms. The predicted molar refractivity (Wildman–Crippen MR) is 94.4 cm³/mol. The third-order valence-electron chi connectivity index (χ3n) is 4.91. The van der Waals surface area contributed by atoms with Crippen LogP contribution in [0.3, 0.4) is 0 Å². The molecule has 1 amide bonds. The van der Waals surface area contributed by atoms with Crippen LogP contribution in [0.1, 0.15) is 43.1 Å². The van der Waals surface area contributed by atoms with Crippen molar-refractivity contribution in [3.05, 3.63) is 23.8 Å². The molecule has 1 saturated carbocycles. The highest BCUT2D eigenvalue weighted by molar-refractivity contribution is 8.00.